The molecule has 3 aliphatic rings. The van der Waals surface area contributed by atoms with Crippen LogP contribution in [0.4, 0.5) is 5.69 Å². The van der Waals surface area contributed by atoms with E-state index in [0.29, 0.717) is 17.9 Å². The van der Waals surface area contributed by atoms with Crippen LogP contribution in [-0.2, 0) is 0 Å². The predicted molar refractivity (Wildman–Crippen MR) is 147 cm³/mol. The maximum atomic E-state index is 5.86. The molecule has 0 radical (unpaired) electrons. The number of hydrogen-bond acceptors (Lipinski definition) is 3. The molecule has 3 aliphatic heterocycles. The van der Waals surface area contributed by atoms with Crippen molar-refractivity contribution in [1.82, 2.24) is 4.90 Å². The molecule has 1 unspecified atom stereocenters. The summed E-state index contributed by atoms with van der Waals surface area (Å²) < 4.78 is 5.86. The van der Waals surface area contributed by atoms with Gasteiger partial charge < -0.3 is 10.1 Å². The van der Waals surface area contributed by atoms with Gasteiger partial charge in [0.05, 0.1) is 12.8 Å². The lowest BCUT2D eigenvalue weighted by atomic mass is 9.62. The Kier molecular flexibility index (Phi) is 6.88. The highest BCUT2D eigenvalue weighted by Gasteiger charge is 2.55. The summed E-state index contributed by atoms with van der Waals surface area (Å²) in [6.07, 6.45) is 3.63. The SMILES string of the molecule is CCC(C)c1ccc(OC)c(N[C@H]2C3CCN(CC3)[C@@]2(C)C(c2ccccc2)c2ccccc2)c1. The highest BCUT2D eigenvalue weighted by Crippen LogP contribution is 2.51. The van der Waals surface area contributed by atoms with Gasteiger partial charge in [0.1, 0.15) is 5.75 Å². The van der Waals surface area contributed by atoms with E-state index in [0.717, 1.165) is 17.9 Å². The molecular formula is C32H40N2O. The molecule has 3 heterocycles. The molecule has 35 heavy (non-hydrogen) atoms. The van der Waals surface area contributed by atoms with Crippen molar-refractivity contribution in [2.75, 3.05) is 25.5 Å². The first kappa shape index (κ1) is 23.9. The van der Waals surface area contributed by atoms with Crippen molar-refractivity contribution in [3.05, 3.63) is 95.6 Å². The standard InChI is InChI=1S/C32H40N2O/c1-5-23(2)27-16-17-29(35-4)28(22-27)33-31-26-18-20-34(21-19-26)32(31,3)30(24-12-8-6-9-13-24)25-14-10-7-11-15-25/h6-17,22-23,26,30-31,33H,5,18-21H2,1-4H3/t23?,31-,32-/m0/s1. The minimum absolute atomic E-state index is 0.0682. The third-order valence-corrected chi connectivity index (χ3v) is 8.89. The number of methoxy groups -OCH3 is 1. The van der Waals surface area contributed by atoms with Crippen LogP contribution < -0.4 is 10.1 Å². The number of rotatable bonds is 8. The Hall–Kier alpha value is -2.78. The number of benzene rings is 3. The molecular weight excluding hydrogens is 428 g/mol. The van der Waals surface area contributed by atoms with E-state index in [4.69, 9.17) is 4.74 Å². The number of anilines is 1. The van der Waals surface area contributed by atoms with E-state index < -0.39 is 0 Å². The zero-order chi connectivity index (χ0) is 24.4. The van der Waals surface area contributed by atoms with E-state index in [9.17, 15) is 0 Å². The zero-order valence-corrected chi connectivity index (χ0v) is 21.7. The van der Waals surface area contributed by atoms with Crippen molar-refractivity contribution < 1.29 is 4.74 Å². The van der Waals surface area contributed by atoms with Crippen molar-refractivity contribution in [3.63, 3.8) is 0 Å². The van der Waals surface area contributed by atoms with Gasteiger partial charge in [0, 0.05) is 17.5 Å². The quantitative estimate of drug-likeness (QED) is 0.375. The van der Waals surface area contributed by atoms with Gasteiger partial charge in [-0.05, 0) is 79.9 Å². The van der Waals surface area contributed by atoms with Gasteiger partial charge in [-0.15, -0.1) is 0 Å². The summed E-state index contributed by atoms with van der Waals surface area (Å²) in [7, 11) is 1.79. The molecule has 3 heteroatoms. The average Bonchev–Trinajstić information content (AvgIpc) is 2.92. The Morgan fingerprint density at radius 2 is 1.51 bits per heavy atom. The molecule has 3 atom stereocenters. The van der Waals surface area contributed by atoms with Crippen LogP contribution in [0, 0.1) is 5.92 Å². The van der Waals surface area contributed by atoms with E-state index >= 15 is 0 Å². The van der Waals surface area contributed by atoms with Crippen molar-refractivity contribution in [2.45, 2.75) is 63.5 Å². The summed E-state index contributed by atoms with van der Waals surface area (Å²) >= 11 is 0. The lowest BCUT2D eigenvalue weighted by molar-refractivity contribution is -0.0401. The lowest BCUT2D eigenvalue weighted by Crippen LogP contribution is -2.70. The molecule has 184 valence electrons. The van der Waals surface area contributed by atoms with E-state index in [2.05, 4.69) is 110 Å². The molecule has 3 fully saturated rings. The maximum Gasteiger partial charge on any atom is 0.141 e. The Labute approximate surface area is 211 Å². The van der Waals surface area contributed by atoms with Gasteiger partial charge >= 0.3 is 0 Å². The van der Waals surface area contributed by atoms with Crippen LogP contribution in [0.15, 0.2) is 78.9 Å². The first-order valence-electron chi connectivity index (χ1n) is 13.4. The zero-order valence-electron chi connectivity index (χ0n) is 21.7. The molecule has 3 nitrogen and oxygen atoms in total. The normalized spacial score (nSPS) is 26.5. The summed E-state index contributed by atoms with van der Waals surface area (Å²) in [5.74, 6) is 2.37. The fraction of sp³-hybridized carbons (Fsp3) is 0.438. The van der Waals surface area contributed by atoms with Crippen LogP contribution in [0.25, 0.3) is 0 Å². The second-order valence-corrected chi connectivity index (χ2v) is 10.7. The first-order chi connectivity index (χ1) is 17.1. The first-order valence-corrected chi connectivity index (χ1v) is 13.4. The fourth-order valence-electron chi connectivity index (χ4n) is 6.72. The van der Waals surface area contributed by atoms with Gasteiger partial charge in [-0.3, -0.25) is 4.90 Å². The highest BCUT2D eigenvalue weighted by molar-refractivity contribution is 5.60. The molecule has 0 amide bonds. The molecule has 0 aromatic heterocycles. The molecule has 3 aromatic rings. The Balaban J connectivity index is 1.62. The van der Waals surface area contributed by atoms with E-state index in [1.54, 1.807) is 7.11 Å². The molecule has 0 aliphatic carbocycles. The number of fused-ring (bicyclic) bond motifs is 3. The van der Waals surface area contributed by atoms with Crippen molar-refractivity contribution in [3.8, 4) is 5.75 Å². The third-order valence-electron chi connectivity index (χ3n) is 8.89. The van der Waals surface area contributed by atoms with Gasteiger partial charge in [-0.1, -0.05) is 80.6 Å². The summed E-state index contributed by atoms with van der Waals surface area (Å²) in [6.45, 7) is 9.41. The van der Waals surface area contributed by atoms with Gasteiger partial charge in [0.15, 0.2) is 0 Å². The van der Waals surface area contributed by atoms with Crippen LogP contribution >= 0.6 is 0 Å². The van der Waals surface area contributed by atoms with E-state index in [1.807, 2.05) is 0 Å². The number of ether oxygens (including phenoxy) is 1. The smallest absolute Gasteiger partial charge is 0.141 e. The fourth-order valence-corrected chi connectivity index (χ4v) is 6.72. The van der Waals surface area contributed by atoms with Crippen molar-refractivity contribution in [1.29, 1.82) is 0 Å². The molecule has 3 aromatic carbocycles. The molecule has 2 bridgehead atoms. The topological polar surface area (TPSA) is 24.5 Å². The number of piperidine rings is 3. The highest BCUT2D eigenvalue weighted by atomic mass is 16.5. The predicted octanol–water partition coefficient (Wildman–Crippen LogP) is 7.31. The van der Waals surface area contributed by atoms with Gasteiger partial charge in [0.25, 0.3) is 0 Å². The molecule has 0 spiro atoms. The second-order valence-electron chi connectivity index (χ2n) is 10.7. The van der Waals surface area contributed by atoms with Crippen LogP contribution in [0.5, 0.6) is 5.75 Å². The summed E-state index contributed by atoms with van der Waals surface area (Å²) in [6, 6.07) is 29.3. The largest absolute Gasteiger partial charge is 0.495 e. The molecule has 1 N–H and O–H groups in total. The number of nitrogens with one attached hydrogen (secondary N) is 1. The minimum atomic E-state index is -0.0682. The summed E-state index contributed by atoms with van der Waals surface area (Å²) in [5, 5.41) is 4.10. The van der Waals surface area contributed by atoms with Crippen molar-refractivity contribution in [2.24, 2.45) is 5.92 Å². The van der Waals surface area contributed by atoms with Crippen LogP contribution in [-0.4, -0.2) is 36.7 Å². The molecule has 6 rings (SSSR count). The van der Waals surface area contributed by atoms with E-state index in [-0.39, 0.29) is 11.5 Å². The number of hydrogen-bond donors (Lipinski definition) is 1. The summed E-state index contributed by atoms with van der Waals surface area (Å²) in [4.78, 5) is 2.76. The third kappa shape index (κ3) is 4.36. The minimum Gasteiger partial charge on any atom is -0.495 e. The number of nitrogens with zero attached hydrogens (tertiary/aromatic N) is 1. The average molecular weight is 469 g/mol. The summed E-state index contributed by atoms with van der Waals surface area (Å²) in [5.41, 5.74) is 5.22. The van der Waals surface area contributed by atoms with E-state index in [1.165, 1.54) is 42.6 Å². The Morgan fingerprint density at radius 1 is 0.914 bits per heavy atom. The van der Waals surface area contributed by atoms with Crippen molar-refractivity contribution >= 4 is 5.69 Å². The van der Waals surface area contributed by atoms with Gasteiger partial charge in [0.2, 0.25) is 0 Å². The molecule has 3 saturated heterocycles. The maximum absolute atomic E-state index is 5.86. The molecule has 0 saturated carbocycles. The monoisotopic (exact) mass is 468 g/mol. The van der Waals surface area contributed by atoms with Gasteiger partial charge in [-0.25, -0.2) is 0 Å². The van der Waals surface area contributed by atoms with Crippen LogP contribution in [0.1, 0.15) is 68.6 Å². The Morgan fingerprint density at radius 3 is 2.06 bits per heavy atom. The Bertz CT molecular complexity index is 1070. The second kappa shape index (κ2) is 10.1. The van der Waals surface area contributed by atoms with Crippen LogP contribution in [0.2, 0.25) is 0 Å². The lowest BCUT2D eigenvalue weighted by Gasteiger charge is -2.61. The van der Waals surface area contributed by atoms with Crippen LogP contribution in [0.3, 0.4) is 0 Å². The van der Waals surface area contributed by atoms with Gasteiger partial charge in [-0.2, -0.15) is 0 Å².